The van der Waals surface area contributed by atoms with Crippen molar-refractivity contribution in [2.75, 3.05) is 5.75 Å². The van der Waals surface area contributed by atoms with Gasteiger partial charge in [-0.3, -0.25) is 0 Å². The molecule has 94 valence electrons. The van der Waals surface area contributed by atoms with Gasteiger partial charge in [-0.25, -0.2) is 8.42 Å². The highest BCUT2D eigenvalue weighted by Gasteiger charge is 2.13. The van der Waals surface area contributed by atoms with Crippen molar-refractivity contribution in [3.63, 3.8) is 0 Å². The number of rotatable bonds is 6. The average Bonchev–Trinajstić information content (AvgIpc) is 2.36. The van der Waals surface area contributed by atoms with E-state index in [1.807, 2.05) is 18.2 Å². The first-order valence-electron chi connectivity index (χ1n) is 5.98. The Morgan fingerprint density at radius 2 is 1.82 bits per heavy atom. The molecule has 0 radical (unpaired) electrons. The summed E-state index contributed by atoms with van der Waals surface area (Å²) in [6.45, 7) is 7.54. The summed E-state index contributed by atoms with van der Waals surface area (Å²) in [5.41, 5.74) is 1.18. The molecule has 1 atom stereocenters. The van der Waals surface area contributed by atoms with Gasteiger partial charge in [-0.05, 0) is 36.5 Å². The van der Waals surface area contributed by atoms with Crippen LogP contribution in [0.2, 0.25) is 0 Å². The van der Waals surface area contributed by atoms with Gasteiger partial charge in [0.05, 0.1) is 10.6 Å². The van der Waals surface area contributed by atoms with Gasteiger partial charge in [0.1, 0.15) is 0 Å². The second-order valence-corrected chi connectivity index (χ2v) is 6.38. The van der Waals surface area contributed by atoms with E-state index in [0.29, 0.717) is 10.8 Å². The van der Waals surface area contributed by atoms with Crippen molar-refractivity contribution in [1.29, 1.82) is 0 Å². The van der Waals surface area contributed by atoms with Crippen molar-refractivity contribution in [2.45, 2.75) is 37.5 Å². The maximum Gasteiger partial charge on any atom is 0.178 e. The lowest BCUT2D eigenvalue weighted by molar-refractivity contribution is 0.597. The third-order valence-electron chi connectivity index (χ3n) is 3.03. The Morgan fingerprint density at radius 1 is 1.24 bits per heavy atom. The Balaban J connectivity index is 2.98. The minimum Gasteiger partial charge on any atom is -0.224 e. The minimum atomic E-state index is -3.08. The summed E-state index contributed by atoms with van der Waals surface area (Å²) in [4.78, 5) is 0.414. The van der Waals surface area contributed by atoms with Crippen molar-refractivity contribution < 1.29 is 8.42 Å². The number of hydrogen-bond donors (Lipinski definition) is 0. The predicted molar refractivity (Wildman–Crippen MR) is 72.0 cm³/mol. The first-order valence-corrected chi connectivity index (χ1v) is 7.64. The SMILES string of the molecule is C=CCC(CC)c1ccc(S(=O)(=O)CC)cc1. The Morgan fingerprint density at radius 3 is 2.24 bits per heavy atom. The summed E-state index contributed by atoms with van der Waals surface area (Å²) in [6, 6.07) is 7.25. The van der Waals surface area contributed by atoms with Gasteiger partial charge in [-0.1, -0.05) is 32.1 Å². The molecule has 0 amide bonds. The fraction of sp³-hybridized carbons (Fsp3) is 0.429. The third-order valence-corrected chi connectivity index (χ3v) is 4.79. The zero-order chi connectivity index (χ0) is 12.9. The van der Waals surface area contributed by atoms with E-state index in [1.165, 1.54) is 5.56 Å². The third kappa shape index (κ3) is 3.43. The molecule has 0 fully saturated rings. The van der Waals surface area contributed by atoms with Crippen LogP contribution in [0.1, 0.15) is 38.2 Å². The highest BCUT2D eigenvalue weighted by molar-refractivity contribution is 7.91. The lowest BCUT2D eigenvalue weighted by Crippen LogP contribution is -2.04. The van der Waals surface area contributed by atoms with Gasteiger partial charge in [0.15, 0.2) is 9.84 Å². The zero-order valence-corrected chi connectivity index (χ0v) is 11.3. The van der Waals surface area contributed by atoms with E-state index in [4.69, 9.17) is 0 Å². The molecule has 0 bridgehead atoms. The molecule has 0 aliphatic rings. The van der Waals surface area contributed by atoms with E-state index in [0.717, 1.165) is 12.8 Å². The van der Waals surface area contributed by atoms with Gasteiger partial charge in [-0.15, -0.1) is 6.58 Å². The highest BCUT2D eigenvalue weighted by atomic mass is 32.2. The van der Waals surface area contributed by atoms with E-state index in [2.05, 4.69) is 13.5 Å². The topological polar surface area (TPSA) is 34.1 Å². The van der Waals surface area contributed by atoms with E-state index < -0.39 is 9.84 Å². The molecule has 0 aliphatic heterocycles. The molecule has 2 nitrogen and oxygen atoms in total. The van der Waals surface area contributed by atoms with Crippen LogP contribution in [0.3, 0.4) is 0 Å². The molecule has 0 N–H and O–H groups in total. The Hall–Kier alpha value is -1.09. The van der Waals surface area contributed by atoms with Crippen molar-refractivity contribution >= 4 is 9.84 Å². The molecule has 0 saturated carbocycles. The van der Waals surface area contributed by atoms with Gasteiger partial charge >= 0.3 is 0 Å². The highest BCUT2D eigenvalue weighted by Crippen LogP contribution is 2.24. The fourth-order valence-electron chi connectivity index (χ4n) is 1.85. The summed E-state index contributed by atoms with van der Waals surface area (Å²) in [6.07, 6.45) is 3.87. The molecule has 17 heavy (non-hydrogen) atoms. The smallest absolute Gasteiger partial charge is 0.178 e. The number of sulfone groups is 1. The van der Waals surface area contributed by atoms with Crippen molar-refractivity contribution in [3.8, 4) is 0 Å². The average molecular weight is 252 g/mol. The van der Waals surface area contributed by atoms with Crippen molar-refractivity contribution in [2.24, 2.45) is 0 Å². The number of hydrogen-bond acceptors (Lipinski definition) is 2. The Bertz CT molecular complexity index is 458. The van der Waals surface area contributed by atoms with Crippen LogP contribution in [0, 0.1) is 0 Å². The number of benzene rings is 1. The van der Waals surface area contributed by atoms with E-state index >= 15 is 0 Å². The minimum absolute atomic E-state index is 0.149. The molecule has 0 aromatic heterocycles. The van der Waals surface area contributed by atoms with E-state index in [9.17, 15) is 8.42 Å². The summed E-state index contributed by atoms with van der Waals surface area (Å²) in [7, 11) is -3.08. The fourth-order valence-corrected chi connectivity index (χ4v) is 2.74. The Labute approximate surface area is 104 Å². The molecule has 3 heteroatoms. The predicted octanol–water partition coefficient (Wildman–Crippen LogP) is 3.55. The monoisotopic (exact) mass is 252 g/mol. The molecule has 0 aliphatic carbocycles. The van der Waals surface area contributed by atoms with Crippen molar-refractivity contribution in [3.05, 3.63) is 42.5 Å². The van der Waals surface area contributed by atoms with Gasteiger partial charge < -0.3 is 0 Å². The van der Waals surface area contributed by atoms with E-state index in [-0.39, 0.29) is 5.75 Å². The first-order chi connectivity index (χ1) is 8.05. The van der Waals surface area contributed by atoms with E-state index in [1.54, 1.807) is 19.1 Å². The van der Waals surface area contributed by atoms with Crippen LogP contribution >= 0.6 is 0 Å². The van der Waals surface area contributed by atoms with Crippen LogP contribution < -0.4 is 0 Å². The maximum absolute atomic E-state index is 11.7. The molecule has 0 spiro atoms. The number of allylic oxidation sites excluding steroid dienone is 1. The van der Waals surface area contributed by atoms with Crippen LogP contribution in [0.25, 0.3) is 0 Å². The van der Waals surface area contributed by atoms with Gasteiger partial charge in [-0.2, -0.15) is 0 Å². The maximum atomic E-state index is 11.7. The van der Waals surface area contributed by atoms with Crippen LogP contribution in [0.5, 0.6) is 0 Å². The normalized spacial score (nSPS) is 13.3. The first kappa shape index (κ1) is 14.0. The molecule has 1 unspecified atom stereocenters. The lowest BCUT2D eigenvalue weighted by atomic mass is 9.93. The van der Waals surface area contributed by atoms with Gasteiger partial charge in [0, 0.05) is 0 Å². The lowest BCUT2D eigenvalue weighted by Gasteiger charge is -2.13. The van der Waals surface area contributed by atoms with Crippen molar-refractivity contribution in [1.82, 2.24) is 0 Å². The quantitative estimate of drug-likeness (QED) is 0.726. The summed E-state index contributed by atoms with van der Waals surface area (Å²) < 4.78 is 23.3. The molecule has 0 heterocycles. The largest absolute Gasteiger partial charge is 0.224 e. The molecule has 1 aromatic carbocycles. The van der Waals surface area contributed by atoms with Crippen LogP contribution in [-0.2, 0) is 9.84 Å². The molecule has 0 saturated heterocycles. The zero-order valence-electron chi connectivity index (χ0n) is 10.5. The van der Waals surface area contributed by atoms with Crippen LogP contribution in [0.4, 0.5) is 0 Å². The molecule has 1 aromatic rings. The standard InChI is InChI=1S/C14H20O2S/c1-4-7-12(5-2)13-8-10-14(11-9-13)17(15,16)6-3/h4,8-12H,1,5-7H2,2-3H3. The van der Waals surface area contributed by atoms with Gasteiger partial charge in [0.25, 0.3) is 0 Å². The molecular formula is C14H20O2S. The second-order valence-electron chi connectivity index (χ2n) is 4.10. The summed E-state index contributed by atoms with van der Waals surface area (Å²) in [5.74, 6) is 0.585. The van der Waals surface area contributed by atoms with Gasteiger partial charge in [0.2, 0.25) is 0 Å². The van der Waals surface area contributed by atoms with Crippen LogP contribution in [-0.4, -0.2) is 14.2 Å². The van der Waals surface area contributed by atoms with Crippen LogP contribution in [0.15, 0.2) is 41.8 Å². The molecular weight excluding hydrogens is 232 g/mol. The molecule has 1 rings (SSSR count). The Kier molecular flexibility index (Phi) is 4.94. The summed E-state index contributed by atoms with van der Waals surface area (Å²) in [5, 5.41) is 0. The second kappa shape index (κ2) is 6.01. The summed E-state index contributed by atoms with van der Waals surface area (Å²) >= 11 is 0.